The van der Waals surface area contributed by atoms with Gasteiger partial charge in [-0.05, 0) is 37.3 Å². The number of halogens is 2. The molecule has 1 unspecified atom stereocenters. The van der Waals surface area contributed by atoms with Gasteiger partial charge in [0.15, 0.2) is 17.7 Å². The number of aromatic nitrogens is 2. The zero-order valence-corrected chi connectivity index (χ0v) is 14.5. The van der Waals surface area contributed by atoms with E-state index in [0.29, 0.717) is 11.0 Å². The Morgan fingerprint density at radius 1 is 1.24 bits per heavy atom. The average molecular weight is 407 g/mol. The van der Waals surface area contributed by atoms with E-state index >= 15 is 0 Å². The van der Waals surface area contributed by atoms with Crippen molar-refractivity contribution in [1.82, 2.24) is 9.97 Å². The molecule has 25 heavy (non-hydrogen) atoms. The lowest BCUT2D eigenvalue weighted by Crippen LogP contribution is -2.23. The quantitative estimate of drug-likeness (QED) is 0.684. The van der Waals surface area contributed by atoms with E-state index in [9.17, 15) is 9.18 Å². The summed E-state index contributed by atoms with van der Waals surface area (Å²) in [6.07, 6.45) is 0.274. The maximum absolute atomic E-state index is 14.0. The summed E-state index contributed by atoms with van der Waals surface area (Å²) in [5.74, 6) is -1.68. The summed E-state index contributed by atoms with van der Waals surface area (Å²) in [5.41, 5.74) is 1.33. The minimum Gasteiger partial charge on any atom is -0.479 e. The van der Waals surface area contributed by atoms with Gasteiger partial charge < -0.3 is 14.6 Å². The number of fused-ring (bicyclic) bond motifs is 1. The van der Waals surface area contributed by atoms with Crippen LogP contribution < -0.4 is 9.47 Å². The Balaban J connectivity index is 1.80. The molecular formula is C17H12BrFN2O4. The molecular weight excluding hydrogens is 395 g/mol. The van der Waals surface area contributed by atoms with Crippen LogP contribution >= 0.6 is 15.9 Å². The highest BCUT2D eigenvalue weighted by Crippen LogP contribution is 2.27. The van der Waals surface area contributed by atoms with E-state index in [1.807, 2.05) is 12.1 Å². The molecule has 1 N–H and O–H groups in total. The molecule has 3 aromatic rings. The van der Waals surface area contributed by atoms with E-state index in [0.717, 1.165) is 10.5 Å². The van der Waals surface area contributed by atoms with Crippen molar-refractivity contribution in [2.24, 2.45) is 0 Å². The smallest absolute Gasteiger partial charge is 0.344 e. The van der Waals surface area contributed by atoms with Crippen LogP contribution in [0.2, 0.25) is 0 Å². The first-order valence-corrected chi connectivity index (χ1v) is 8.01. The molecule has 128 valence electrons. The molecule has 3 rings (SSSR count). The highest BCUT2D eigenvalue weighted by atomic mass is 79.9. The van der Waals surface area contributed by atoms with Crippen LogP contribution in [0.5, 0.6) is 17.4 Å². The summed E-state index contributed by atoms with van der Waals surface area (Å²) < 4.78 is 25.4. The Morgan fingerprint density at radius 3 is 2.76 bits per heavy atom. The largest absolute Gasteiger partial charge is 0.479 e. The Labute approximate surface area is 150 Å². The SMILES string of the molecule is CC(Oc1ccc(Oc2cnc3cc(Br)ccc3n2)cc1F)C(=O)O. The summed E-state index contributed by atoms with van der Waals surface area (Å²) >= 11 is 3.36. The number of benzene rings is 2. The summed E-state index contributed by atoms with van der Waals surface area (Å²) in [6, 6.07) is 9.29. The maximum Gasteiger partial charge on any atom is 0.344 e. The van der Waals surface area contributed by atoms with Crippen LogP contribution in [0.3, 0.4) is 0 Å². The fourth-order valence-electron chi connectivity index (χ4n) is 2.02. The lowest BCUT2D eigenvalue weighted by molar-refractivity contribution is -0.144. The van der Waals surface area contributed by atoms with Gasteiger partial charge in [-0.3, -0.25) is 0 Å². The predicted molar refractivity (Wildman–Crippen MR) is 91.4 cm³/mol. The van der Waals surface area contributed by atoms with Crippen LogP contribution in [-0.4, -0.2) is 27.1 Å². The normalized spacial score (nSPS) is 12.0. The monoisotopic (exact) mass is 406 g/mol. The van der Waals surface area contributed by atoms with Gasteiger partial charge in [-0.15, -0.1) is 0 Å². The molecule has 0 spiro atoms. The van der Waals surface area contributed by atoms with Crippen LogP contribution in [0.15, 0.2) is 47.1 Å². The van der Waals surface area contributed by atoms with Crippen LogP contribution in [0, 0.1) is 5.82 Å². The molecule has 1 aromatic heterocycles. The lowest BCUT2D eigenvalue weighted by Gasteiger charge is -2.12. The van der Waals surface area contributed by atoms with Gasteiger partial charge in [-0.25, -0.2) is 19.2 Å². The summed E-state index contributed by atoms with van der Waals surface area (Å²) in [7, 11) is 0. The van der Waals surface area contributed by atoms with Gasteiger partial charge in [0, 0.05) is 10.5 Å². The van der Waals surface area contributed by atoms with E-state index < -0.39 is 17.9 Å². The zero-order chi connectivity index (χ0) is 18.0. The molecule has 0 aliphatic carbocycles. The second kappa shape index (κ2) is 7.02. The van der Waals surface area contributed by atoms with Crippen LogP contribution in [0.1, 0.15) is 6.92 Å². The molecule has 6 nitrogen and oxygen atoms in total. The second-order valence-electron chi connectivity index (χ2n) is 5.13. The molecule has 0 saturated carbocycles. The topological polar surface area (TPSA) is 81.5 Å². The number of carbonyl (C=O) groups is 1. The van der Waals surface area contributed by atoms with Gasteiger partial charge in [0.1, 0.15) is 5.75 Å². The molecule has 2 aromatic carbocycles. The lowest BCUT2D eigenvalue weighted by atomic mass is 10.3. The minimum absolute atomic E-state index is 0.170. The number of hydrogen-bond acceptors (Lipinski definition) is 5. The average Bonchev–Trinajstić information content (AvgIpc) is 2.57. The molecule has 0 aliphatic rings. The van der Waals surface area contributed by atoms with Gasteiger partial charge in [-0.1, -0.05) is 15.9 Å². The number of aliphatic carboxylic acids is 1. The van der Waals surface area contributed by atoms with Crippen molar-refractivity contribution >= 4 is 32.9 Å². The van der Waals surface area contributed by atoms with E-state index in [4.69, 9.17) is 14.6 Å². The van der Waals surface area contributed by atoms with E-state index in [1.165, 1.54) is 25.3 Å². The standard InChI is InChI=1S/C17H12BrFN2O4/c1-9(17(22)23)24-15-5-3-11(7-12(15)19)25-16-8-20-14-6-10(18)2-4-13(14)21-16/h2-9H,1H3,(H,22,23). The Morgan fingerprint density at radius 2 is 2.04 bits per heavy atom. The first-order chi connectivity index (χ1) is 11.9. The fraction of sp³-hybridized carbons (Fsp3) is 0.118. The first kappa shape index (κ1) is 17.1. The molecule has 1 heterocycles. The molecule has 0 fully saturated rings. The second-order valence-corrected chi connectivity index (χ2v) is 6.05. The third-order valence-corrected chi connectivity index (χ3v) is 3.75. The highest BCUT2D eigenvalue weighted by Gasteiger charge is 2.16. The van der Waals surface area contributed by atoms with Crippen molar-refractivity contribution in [3.05, 3.63) is 52.9 Å². The third kappa shape index (κ3) is 4.03. The fourth-order valence-corrected chi connectivity index (χ4v) is 2.37. The molecule has 8 heteroatoms. The molecule has 1 atom stereocenters. The number of hydrogen-bond donors (Lipinski definition) is 1. The Bertz CT molecular complexity index is 951. The first-order valence-electron chi connectivity index (χ1n) is 7.21. The zero-order valence-electron chi connectivity index (χ0n) is 12.9. The van der Waals surface area contributed by atoms with Gasteiger partial charge in [-0.2, -0.15) is 0 Å². The Hall–Kier alpha value is -2.74. The van der Waals surface area contributed by atoms with Crippen LogP contribution in [-0.2, 0) is 4.79 Å². The van der Waals surface area contributed by atoms with Crippen molar-refractivity contribution in [3.8, 4) is 17.4 Å². The van der Waals surface area contributed by atoms with Crippen molar-refractivity contribution < 1.29 is 23.8 Å². The number of carboxylic acids is 1. The summed E-state index contributed by atoms with van der Waals surface area (Å²) in [6.45, 7) is 1.31. The summed E-state index contributed by atoms with van der Waals surface area (Å²) in [5, 5.41) is 8.80. The van der Waals surface area contributed by atoms with Crippen molar-refractivity contribution in [2.45, 2.75) is 13.0 Å². The molecule has 0 saturated heterocycles. The minimum atomic E-state index is -1.18. The highest BCUT2D eigenvalue weighted by molar-refractivity contribution is 9.10. The number of nitrogens with zero attached hydrogens (tertiary/aromatic N) is 2. The molecule has 0 aliphatic heterocycles. The number of rotatable bonds is 5. The van der Waals surface area contributed by atoms with Gasteiger partial charge >= 0.3 is 5.97 Å². The summed E-state index contributed by atoms with van der Waals surface area (Å²) in [4.78, 5) is 19.3. The van der Waals surface area contributed by atoms with Gasteiger partial charge in [0.25, 0.3) is 0 Å². The number of ether oxygens (including phenoxy) is 2. The predicted octanol–water partition coefficient (Wildman–Crippen LogP) is 4.18. The van der Waals surface area contributed by atoms with Crippen molar-refractivity contribution in [1.29, 1.82) is 0 Å². The Kier molecular flexibility index (Phi) is 4.80. The van der Waals surface area contributed by atoms with Gasteiger partial charge in [0.05, 0.1) is 17.2 Å². The van der Waals surface area contributed by atoms with E-state index in [1.54, 1.807) is 6.07 Å². The molecule has 0 radical (unpaired) electrons. The third-order valence-electron chi connectivity index (χ3n) is 3.26. The molecule has 0 amide bonds. The van der Waals surface area contributed by atoms with E-state index in [2.05, 4.69) is 25.9 Å². The number of carboxylic acid groups (broad SMARTS) is 1. The maximum atomic E-state index is 14.0. The van der Waals surface area contributed by atoms with Gasteiger partial charge in [0.2, 0.25) is 5.88 Å². The van der Waals surface area contributed by atoms with Crippen molar-refractivity contribution in [3.63, 3.8) is 0 Å². The molecule has 0 bridgehead atoms. The van der Waals surface area contributed by atoms with Crippen LogP contribution in [0.25, 0.3) is 11.0 Å². The van der Waals surface area contributed by atoms with Crippen molar-refractivity contribution in [2.75, 3.05) is 0 Å². The van der Waals surface area contributed by atoms with Crippen LogP contribution in [0.4, 0.5) is 4.39 Å². The van der Waals surface area contributed by atoms with E-state index in [-0.39, 0.29) is 17.4 Å².